The van der Waals surface area contributed by atoms with E-state index in [-0.39, 0.29) is 0 Å². The van der Waals surface area contributed by atoms with Crippen LogP contribution < -0.4 is 21.4 Å². The molecule has 8 bridgehead atoms. The highest BCUT2D eigenvalue weighted by molar-refractivity contribution is 7.80. The summed E-state index contributed by atoms with van der Waals surface area (Å²) in [6.07, 6.45) is 0. The van der Waals surface area contributed by atoms with Crippen molar-refractivity contribution in [3.8, 4) is 0 Å². The van der Waals surface area contributed by atoms with E-state index in [1.807, 2.05) is 12.1 Å². The van der Waals surface area contributed by atoms with Gasteiger partial charge in [-0.3, -0.25) is 0 Å². The van der Waals surface area contributed by atoms with Crippen LogP contribution in [0, 0.1) is 0 Å². The zero-order chi connectivity index (χ0) is 32.7. The zero-order valence-corrected chi connectivity index (χ0v) is 27.4. The number of hydrogen-bond donors (Lipinski definition) is 5. The van der Waals surface area contributed by atoms with E-state index in [0.29, 0.717) is 0 Å². The van der Waals surface area contributed by atoms with E-state index >= 15 is 0 Å². The maximum atomic E-state index is 4.59. The quantitative estimate of drug-likeness (QED) is 0.134. The Morgan fingerprint density at radius 3 is 0.857 bits per heavy atom. The van der Waals surface area contributed by atoms with Gasteiger partial charge in [-0.25, -0.2) is 0 Å². The first-order valence-electron chi connectivity index (χ1n) is 16.4. The van der Waals surface area contributed by atoms with Gasteiger partial charge < -0.3 is 19.9 Å². The van der Waals surface area contributed by atoms with Crippen molar-refractivity contribution in [2.24, 2.45) is 0 Å². The van der Waals surface area contributed by atoms with E-state index in [0.717, 1.165) is 93.6 Å². The second-order valence-corrected chi connectivity index (χ2v) is 12.8. The molecule has 0 radical (unpaired) electrons. The van der Waals surface area contributed by atoms with Crippen LogP contribution in [-0.4, -0.2) is 19.9 Å². The SMILES string of the molecule is Sc1ccc(C2=c3ccc([nH]3)=C(c3ccccc3)c3ccc([nH]3)C(c3ccccc3)=c3ccc([nH]3)=C(c3ccccc3)c3ccc2[nH]3)cc1. The van der Waals surface area contributed by atoms with Gasteiger partial charge in [-0.05, 0) is 82.9 Å². The maximum Gasteiger partial charge on any atom is 0.0485 e. The molecule has 4 nitrogen and oxygen atoms in total. The van der Waals surface area contributed by atoms with Gasteiger partial charge >= 0.3 is 0 Å². The van der Waals surface area contributed by atoms with Crippen LogP contribution in [0.1, 0.15) is 45.0 Å². The second-order valence-electron chi connectivity index (χ2n) is 12.3. The Hall–Kier alpha value is -6.17. The largest absolute Gasteiger partial charge is 0.354 e. The summed E-state index contributed by atoms with van der Waals surface area (Å²) >= 11 is 4.59. The Bertz CT molecular complexity index is 2690. The number of fused-ring (bicyclic) bond motifs is 8. The van der Waals surface area contributed by atoms with Crippen LogP contribution in [0.5, 0.6) is 0 Å². The first-order chi connectivity index (χ1) is 24.2. The summed E-state index contributed by atoms with van der Waals surface area (Å²) in [6.45, 7) is 0. The van der Waals surface area contributed by atoms with Crippen molar-refractivity contribution in [2.75, 3.05) is 0 Å². The predicted octanol–water partition coefficient (Wildman–Crippen LogP) is 6.59. The van der Waals surface area contributed by atoms with Gasteiger partial charge in [-0.1, -0.05) is 103 Å². The lowest BCUT2D eigenvalue weighted by atomic mass is 10.0. The number of hydrogen-bond acceptors (Lipinski definition) is 1. The number of aromatic nitrogens is 4. The van der Waals surface area contributed by atoms with Gasteiger partial charge in [0, 0.05) is 71.4 Å². The Morgan fingerprint density at radius 1 is 0.265 bits per heavy atom. The van der Waals surface area contributed by atoms with Crippen molar-refractivity contribution in [2.45, 2.75) is 4.90 Å². The first kappa shape index (κ1) is 29.0. The normalized spacial score (nSPS) is 12.8. The summed E-state index contributed by atoms with van der Waals surface area (Å²) < 4.78 is 0. The van der Waals surface area contributed by atoms with Gasteiger partial charge in [-0.2, -0.15) is 0 Å². The Kier molecular flexibility index (Phi) is 7.18. The van der Waals surface area contributed by atoms with Gasteiger partial charge in [0.2, 0.25) is 0 Å². The minimum absolute atomic E-state index is 0.924. The van der Waals surface area contributed by atoms with E-state index in [9.17, 15) is 0 Å². The minimum atomic E-state index is 0.924. The van der Waals surface area contributed by atoms with E-state index < -0.39 is 0 Å². The third-order valence-electron chi connectivity index (χ3n) is 9.24. The summed E-state index contributed by atoms with van der Waals surface area (Å²) in [4.78, 5) is 16.3. The molecule has 4 aromatic carbocycles. The van der Waals surface area contributed by atoms with Gasteiger partial charge in [0.15, 0.2) is 0 Å². The summed E-state index contributed by atoms with van der Waals surface area (Å²) in [6, 6.07) is 57.6. The fraction of sp³-hybridized carbons (Fsp3) is 0. The Labute approximate surface area is 289 Å². The molecular weight excluding hydrogens is 617 g/mol. The van der Waals surface area contributed by atoms with Crippen LogP contribution in [0.3, 0.4) is 0 Å². The standard InChI is InChI=1S/C44H32N4S/c49-32-18-16-31(17-19-32)44-39-26-24-37(47-39)42(29-12-6-2-7-13-29)35-22-20-33(45-35)41(28-10-4-1-5-11-28)34-21-23-36(46-34)43(30-14-8-3-9-15-30)38-25-27-40(44)48-38/h1-27,45-49H. The van der Waals surface area contributed by atoms with Crippen LogP contribution in [0.2, 0.25) is 0 Å². The molecule has 1 aliphatic rings. The molecule has 0 amide bonds. The molecule has 5 heteroatoms. The van der Waals surface area contributed by atoms with Crippen LogP contribution in [0.25, 0.3) is 22.3 Å². The molecule has 0 fully saturated rings. The summed E-state index contributed by atoms with van der Waals surface area (Å²) in [7, 11) is 0. The van der Waals surface area contributed by atoms with Crippen LogP contribution in [0.4, 0.5) is 0 Å². The Balaban J connectivity index is 1.44. The number of aromatic amines is 4. The highest BCUT2D eigenvalue weighted by Crippen LogP contribution is 2.28. The first-order valence-corrected chi connectivity index (χ1v) is 16.9. The van der Waals surface area contributed by atoms with Crippen LogP contribution >= 0.6 is 12.6 Å². The molecule has 9 rings (SSSR count). The van der Waals surface area contributed by atoms with E-state index in [4.69, 9.17) is 0 Å². The smallest absolute Gasteiger partial charge is 0.0485 e. The lowest BCUT2D eigenvalue weighted by Crippen LogP contribution is -2.19. The van der Waals surface area contributed by atoms with Crippen molar-refractivity contribution in [3.05, 3.63) is 230 Å². The number of H-pyrrole nitrogens is 4. The molecule has 0 spiro atoms. The zero-order valence-electron chi connectivity index (χ0n) is 26.5. The van der Waals surface area contributed by atoms with Gasteiger partial charge in [0.25, 0.3) is 0 Å². The summed E-state index contributed by atoms with van der Waals surface area (Å²) in [5.41, 5.74) is 13.0. The molecule has 49 heavy (non-hydrogen) atoms. The minimum Gasteiger partial charge on any atom is -0.354 e. The fourth-order valence-corrected chi connectivity index (χ4v) is 7.16. The maximum absolute atomic E-state index is 4.59. The highest BCUT2D eigenvalue weighted by atomic mass is 32.1. The van der Waals surface area contributed by atoms with E-state index in [2.05, 4.69) is 184 Å². The average Bonchev–Trinajstić information content (AvgIpc) is 3.98. The van der Waals surface area contributed by atoms with Crippen molar-refractivity contribution in [1.29, 1.82) is 0 Å². The van der Waals surface area contributed by atoms with Gasteiger partial charge in [0.1, 0.15) is 0 Å². The molecule has 4 N–H and O–H groups in total. The summed E-state index contributed by atoms with van der Waals surface area (Å²) in [5, 5.41) is 4.10. The van der Waals surface area contributed by atoms with Crippen LogP contribution in [-0.2, 0) is 0 Å². The molecule has 0 saturated carbocycles. The van der Waals surface area contributed by atoms with Crippen molar-refractivity contribution in [1.82, 2.24) is 19.9 Å². The van der Waals surface area contributed by atoms with Crippen LogP contribution in [0.15, 0.2) is 169 Å². The lowest BCUT2D eigenvalue weighted by Gasteiger charge is -2.10. The highest BCUT2D eigenvalue weighted by Gasteiger charge is 2.18. The number of benzene rings is 4. The third-order valence-corrected chi connectivity index (χ3v) is 9.54. The molecule has 0 saturated heterocycles. The van der Waals surface area contributed by atoms with Crippen molar-refractivity contribution >= 4 is 34.9 Å². The topological polar surface area (TPSA) is 63.2 Å². The molecule has 8 aromatic rings. The second kappa shape index (κ2) is 12.1. The lowest BCUT2D eigenvalue weighted by molar-refractivity contribution is 1.19. The fourth-order valence-electron chi connectivity index (χ4n) is 7.01. The van der Waals surface area contributed by atoms with E-state index in [1.165, 1.54) is 0 Å². The number of nitrogens with one attached hydrogen (secondary N) is 4. The predicted molar refractivity (Wildman–Crippen MR) is 201 cm³/mol. The third kappa shape index (κ3) is 5.31. The summed E-state index contributed by atoms with van der Waals surface area (Å²) in [5.74, 6) is 0. The molecular formula is C44H32N4S. The molecule has 0 atom stereocenters. The molecule has 0 aliphatic carbocycles. The molecule has 1 aliphatic heterocycles. The molecule has 5 heterocycles. The Morgan fingerprint density at radius 2 is 0.551 bits per heavy atom. The van der Waals surface area contributed by atoms with Gasteiger partial charge in [-0.15, -0.1) is 12.6 Å². The molecule has 234 valence electrons. The molecule has 4 aromatic heterocycles. The average molecular weight is 649 g/mol. The monoisotopic (exact) mass is 648 g/mol. The van der Waals surface area contributed by atoms with Gasteiger partial charge in [0.05, 0.1) is 0 Å². The van der Waals surface area contributed by atoms with Crippen molar-refractivity contribution in [3.63, 3.8) is 0 Å². The van der Waals surface area contributed by atoms with E-state index in [1.54, 1.807) is 0 Å². The molecule has 0 unspecified atom stereocenters. The number of thiol groups is 1. The van der Waals surface area contributed by atoms with Crippen molar-refractivity contribution < 1.29 is 0 Å². The number of rotatable bonds is 4.